The van der Waals surface area contributed by atoms with Crippen LogP contribution in [-0.2, 0) is 6.42 Å². The van der Waals surface area contributed by atoms with Crippen LogP contribution in [0.3, 0.4) is 0 Å². The van der Waals surface area contributed by atoms with E-state index in [0.717, 1.165) is 18.5 Å². The minimum absolute atomic E-state index is 0.271. The van der Waals surface area contributed by atoms with Gasteiger partial charge in [-0.1, -0.05) is 0 Å². The number of aromatic nitrogens is 1. The van der Waals surface area contributed by atoms with Gasteiger partial charge in [-0.3, -0.25) is 4.98 Å². The summed E-state index contributed by atoms with van der Waals surface area (Å²) < 4.78 is 0. The van der Waals surface area contributed by atoms with Crippen LogP contribution in [0.4, 0.5) is 0 Å². The number of nitrogens with two attached hydrogens (primary N) is 1. The van der Waals surface area contributed by atoms with Crippen molar-refractivity contribution in [3.63, 3.8) is 0 Å². The van der Waals surface area contributed by atoms with Crippen molar-refractivity contribution in [3.8, 4) is 0 Å². The summed E-state index contributed by atoms with van der Waals surface area (Å²) in [6, 6.07) is 4.39. The van der Waals surface area contributed by atoms with Crippen molar-refractivity contribution in [2.45, 2.75) is 32.7 Å². The van der Waals surface area contributed by atoms with Crippen molar-refractivity contribution in [1.29, 1.82) is 0 Å². The second-order valence-corrected chi connectivity index (χ2v) is 3.34. The maximum atomic E-state index is 5.65. The zero-order chi connectivity index (χ0) is 8.97. The fourth-order valence-corrected chi connectivity index (χ4v) is 1.11. The quantitative estimate of drug-likeness (QED) is 0.738. The number of hydrogen-bond acceptors (Lipinski definition) is 2. The van der Waals surface area contributed by atoms with E-state index < -0.39 is 0 Å². The Hall–Kier alpha value is -0.890. The molecule has 1 aromatic rings. The summed E-state index contributed by atoms with van der Waals surface area (Å²) >= 11 is 0. The largest absolute Gasteiger partial charge is 0.328 e. The fraction of sp³-hybridized carbons (Fsp3) is 0.500. The third kappa shape index (κ3) is 3.01. The zero-order valence-corrected chi connectivity index (χ0v) is 7.75. The molecule has 2 N–H and O–H groups in total. The molecule has 1 rings (SSSR count). The summed E-state index contributed by atoms with van der Waals surface area (Å²) in [6.07, 6.45) is 3.85. The molecule has 0 aliphatic heterocycles. The molecule has 2 heteroatoms. The lowest BCUT2D eigenvalue weighted by Gasteiger charge is -2.04. The minimum atomic E-state index is 0.271. The van der Waals surface area contributed by atoms with E-state index in [4.69, 9.17) is 5.73 Å². The SMILES string of the molecule is Cc1ccnc(CCC(C)N)c1. The normalized spacial score (nSPS) is 12.9. The van der Waals surface area contributed by atoms with Gasteiger partial charge in [0.25, 0.3) is 0 Å². The van der Waals surface area contributed by atoms with Crippen LogP contribution in [0, 0.1) is 6.92 Å². The van der Waals surface area contributed by atoms with Crippen LogP contribution in [0.1, 0.15) is 24.6 Å². The maximum absolute atomic E-state index is 5.65. The first-order valence-electron chi connectivity index (χ1n) is 4.35. The monoisotopic (exact) mass is 164 g/mol. The smallest absolute Gasteiger partial charge is 0.0406 e. The van der Waals surface area contributed by atoms with Crippen LogP contribution < -0.4 is 5.73 Å². The summed E-state index contributed by atoms with van der Waals surface area (Å²) in [5.74, 6) is 0. The third-order valence-corrected chi connectivity index (χ3v) is 1.83. The van der Waals surface area contributed by atoms with E-state index in [1.54, 1.807) is 0 Å². The first-order chi connectivity index (χ1) is 5.68. The van der Waals surface area contributed by atoms with Crippen LogP contribution in [-0.4, -0.2) is 11.0 Å². The fourth-order valence-electron chi connectivity index (χ4n) is 1.11. The van der Waals surface area contributed by atoms with E-state index >= 15 is 0 Å². The Bertz CT molecular complexity index is 243. The average molecular weight is 164 g/mol. The standard InChI is InChI=1S/C10H16N2/c1-8-5-6-12-10(7-8)4-3-9(2)11/h5-7,9H,3-4,11H2,1-2H3. The highest BCUT2D eigenvalue weighted by atomic mass is 14.7. The maximum Gasteiger partial charge on any atom is 0.0406 e. The highest BCUT2D eigenvalue weighted by Crippen LogP contribution is 2.03. The molecule has 0 bridgehead atoms. The van der Waals surface area contributed by atoms with Gasteiger partial charge in [0, 0.05) is 17.9 Å². The Kier molecular flexibility index (Phi) is 3.23. The van der Waals surface area contributed by atoms with Crippen molar-refractivity contribution >= 4 is 0 Å². The highest BCUT2D eigenvalue weighted by Gasteiger charge is 1.97. The Morgan fingerprint density at radius 1 is 1.58 bits per heavy atom. The second kappa shape index (κ2) is 4.21. The summed E-state index contributed by atoms with van der Waals surface area (Å²) in [4.78, 5) is 4.26. The van der Waals surface area contributed by atoms with Gasteiger partial charge in [-0.2, -0.15) is 0 Å². The molecule has 0 saturated carbocycles. The topological polar surface area (TPSA) is 38.9 Å². The summed E-state index contributed by atoms with van der Waals surface area (Å²) in [6.45, 7) is 4.10. The van der Waals surface area contributed by atoms with Gasteiger partial charge in [0.15, 0.2) is 0 Å². The molecule has 12 heavy (non-hydrogen) atoms. The molecule has 0 aromatic carbocycles. The van der Waals surface area contributed by atoms with E-state index in [1.807, 2.05) is 19.2 Å². The highest BCUT2D eigenvalue weighted by molar-refractivity contribution is 5.14. The molecule has 0 fully saturated rings. The first kappa shape index (κ1) is 9.20. The van der Waals surface area contributed by atoms with Crippen molar-refractivity contribution in [2.75, 3.05) is 0 Å². The summed E-state index contributed by atoms with van der Waals surface area (Å²) in [5.41, 5.74) is 8.06. The van der Waals surface area contributed by atoms with Gasteiger partial charge in [-0.25, -0.2) is 0 Å². The second-order valence-electron chi connectivity index (χ2n) is 3.34. The molecule has 1 aromatic heterocycles. The van der Waals surface area contributed by atoms with Gasteiger partial charge in [-0.05, 0) is 44.4 Å². The zero-order valence-electron chi connectivity index (χ0n) is 7.75. The Morgan fingerprint density at radius 2 is 2.33 bits per heavy atom. The van der Waals surface area contributed by atoms with Crippen LogP contribution >= 0.6 is 0 Å². The van der Waals surface area contributed by atoms with Gasteiger partial charge < -0.3 is 5.73 Å². The van der Waals surface area contributed by atoms with E-state index in [9.17, 15) is 0 Å². The molecule has 2 nitrogen and oxygen atoms in total. The van der Waals surface area contributed by atoms with E-state index in [2.05, 4.69) is 18.0 Å². The number of hydrogen-bond donors (Lipinski definition) is 1. The summed E-state index contributed by atoms with van der Waals surface area (Å²) in [7, 11) is 0. The average Bonchev–Trinajstić information content (AvgIpc) is 2.01. The van der Waals surface area contributed by atoms with Crippen LogP contribution in [0.2, 0.25) is 0 Å². The molecule has 0 aliphatic rings. The third-order valence-electron chi connectivity index (χ3n) is 1.83. The molecule has 1 heterocycles. The predicted octanol–water partition coefficient (Wildman–Crippen LogP) is 1.67. The minimum Gasteiger partial charge on any atom is -0.328 e. The van der Waals surface area contributed by atoms with Gasteiger partial charge >= 0.3 is 0 Å². The Labute approximate surface area is 73.8 Å². The lowest BCUT2D eigenvalue weighted by atomic mass is 10.1. The molecule has 0 spiro atoms. The van der Waals surface area contributed by atoms with Crippen molar-refractivity contribution in [1.82, 2.24) is 4.98 Å². The van der Waals surface area contributed by atoms with Gasteiger partial charge in [0.2, 0.25) is 0 Å². The van der Waals surface area contributed by atoms with E-state index in [-0.39, 0.29) is 6.04 Å². The van der Waals surface area contributed by atoms with E-state index in [0.29, 0.717) is 0 Å². The molecule has 66 valence electrons. The molecule has 1 atom stereocenters. The van der Waals surface area contributed by atoms with Crippen molar-refractivity contribution < 1.29 is 0 Å². The molecular weight excluding hydrogens is 148 g/mol. The van der Waals surface area contributed by atoms with Gasteiger partial charge in [0.1, 0.15) is 0 Å². The Balaban J connectivity index is 2.52. The van der Waals surface area contributed by atoms with E-state index in [1.165, 1.54) is 5.56 Å². The van der Waals surface area contributed by atoms with Crippen molar-refractivity contribution in [3.05, 3.63) is 29.6 Å². The lowest BCUT2D eigenvalue weighted by molar-refractivity contribution is 0.658. The number of pyridine rings is 1. The number of rotatable bonds is 3. The van der Waals surface area contributed by atoms with Gasteiger partial charge in [-0.15, -0.1) is 0 Å². The lowest BCUT2D eigenvalue weighted by Crippen LogP contribution is -2.15. The van der Waals surface area contributed by atoms with Crippen molar-refractivity contribution in [2.24, 2.45) is 5.73 Å². The molecule has 0 aliphatic carbocycles. The van der Waals surface area contributed by atoms with Crippen LogP contribution in [0.15, 0.2) is 18.3 Å². The molecule has 0 saturated heterocycles. The van der Waals surface area contributed by atoms with Crippen LogP contribution in [0.25, 0.3) is 0 Å². The molecule has 1 unspecified atom stereocenters. The first-order valence-corrected chi connectivity index (χ1v) is 4.35. The molecule has 0 amide bonds. The Morgan fingerprint density at radius 3 is 2.92 bits per heavy atom. The van der Waals surface area contributed by atoms with Gasteiger partial charge in [0.05, 0.1) is 0 Å². The summed E-state index contributed by atoms with van der Waals surface area (Å²) in [5, 5.41) is 0. The predicted molar refractivity (Wildman–Crippen MR) is 50.9 cm³/mol. The number of aryl methyl sites for hydroxylation is 2. The molecule has 0 radical (unpaired) electrons. The number of nitrogens with zero attached hydrogens (tertiary/aromatic N) is 1. The molecular formula is C10H16N2. The van der Waals surface area contributed by atoms with Crippen LogP contribution in [0.5, 0.6) is 0 Å².